The molecular weight excluding hydrogens is 413 g/mol. The zero-order valence-corrected chi connectivity index (χ0v) is 17.9. The van der Waals surface area contributed by atoms with Crippen molar-refractivity contribution in [3.63, 3.8) is 0 Å². The zero-order valence-electron chi connectivity index (χ0n) is 17.9. The van der Waals surface area contributed by atoms with Gasteiger partial charge in [0, 0.05) is 0 Å². The van der Waals surface area contributed by atoms with Crippen molar-refractivity contribution in [1.82, 2.24) is 0 Å². The Morgan fingerprint density at radius 2 is 1.10 bits per heavy atom. The van der Waals surface area contributed by atoms with Crippen molar-refractivity contribution in [3.8, 4) is 0 Å². The normalized spacial score (nSPS) is 11.9. The predicted molar refractivity (Wildman–Crippen MR) is 99.3 cm³/mol. The minimum atomic E-state index is -4.61. The highest BCUT2D eigenvalue weighted by Crippen LogP contribution is 2.22. The number of hydrogen-bond donors (Lipinski definition) is 1. The molecule has 0 aromatic rings. The summed E-state index contributed by atoms with van der Waals surface area (Å²) in [6.45, 7) is 9.33. The lowest BCUT2D eigenvalue weighted by Gasteiger charge is -2.15. The molecule has 0 bridgehead atoms. The van der Waals surface area contributed by atoms with Crippen molar-refractivity contribution in [1.29, 1.82) is 0 Å². The van der Waals surface area contributed by atoms with Crippen LogP contribution in [0.4, 0.5) is 13.2 Å². The maximum atomic E-state index is 11.8. The topological polar surface area (TPSA) is 116 Å². The molecule has 0 aromatic heterocycles. The van der Waals surface area contributed by atoms with Crippen LogP contribution in [0.2, 0.25) is 0 Å². The van der Waals surface area contributed by atoms with E-state index in [9.17, 15) is 32.3 Å². The van der Waals surface area contributed by atoms with E-state index in [1.54, 1.807) is 0 Å². The molecule has 0 amide bonds. The predicted octanol–water partition coefficient (Wildman–Crippen LogP) is 3.51. The Morgan fingerprint density at radius 3 is 1.40 bits per heavy atom. The second-order valence-electron chi connectivity index (χ2n) is 7.22. The maximum Gasteiger partial charge on any atom is 0.425 e. The minimum absolute atomic E-state index is 0.101. The number of alkyl halides is 3. The van der Waals surface area contributed by atoms with Gasteiger partial charge < -0.3 is 19.3 Å². The Labute approximate surface area is 174 Å². The largest absolute Gasteiger partial charge is 0.481 e. The Hall–Kier alpha value is -2.33. The Morgan fingerprint density at radius 1 is 0.733 bits per heavy atom. The van der Waals surface area contributed by atoms with Crippen LogP contribution in [0.15, 0.2) is 0 Å². The average molecular weight is 444 g/mol. The van der Waals surface area contributed by atoms with Crippen molar-refractivity contribution >= 4 is 23.9 Å². The summed E-state index contributed by atoms with van der Waals surface area (Å²) in [7, 11) is 0. The summed E-state index contributed by atoms with van der Waals surface area (Å²) in [6.07, 6.45) is -7.71. The van der Waals surface area contributed by atoms with Crippen molar-refractivity contribution in [2.24, 2.45) is 11.8 Å². The van der Waals surface area contributed by atoms with Crippen molar-refractivity contribution in [2.45, 2.75) is 72.6 Å². The molecule has 8 nitrogen and oxygen atoms in total. The first kappa shape index (κ1) is 29.9. The van der Waals surface area contributed by atoms with Gasteiger partial charge in [-0.2, -0.15) is 13.2 Å². The molecule has 30 heavy (non-hydrogen) atoms. The summed E-state index contributed by atoms with van der Waals surface area (Å²) in [4.78, 5) is 42.9. The van der Waals surface area contributed by atoms with E-state index in [0.29, 0.717) is 32.0 Å². The van der Waals surface area contributed by atoms with Gasteiger partial charge in [-0.05, 0) is 18.8 Å². The quantitative estimate of drug-likeness (QED) is 0.380. The maximum absolute atomic E-state index is 11.8. The molecule has 0 heterocycles. The zero-order chi connectivity index (χ0) is 23.9. The van der Waals surface area contributed by atoms with E-state index in [1.807, 2.05) is 27.7 Å². The highest BCUT2D eigenvalue weighted by molar-refractivity contribution is 5.77. The van der Waals surface area contributed by atoms with Crippen LogP contribution in [0.1, 0.15) is 60.3 Å². The van der Waals surface area contributed by atoms with Crippen molar-refractivity contribution < 1.29 is 51.7 Å². The highest BCUT2D eigenvalue weighted by Gasteiger charge is 2.39. The second-order valence-corrected chi connectivity index (χ2v) is 7.22. The van der Waals surface area contributed by atoms with E-state index < -0.39 is 37.1 Å². The molecule has 0 rings (SSSR count). The molecule has 1 N–H and O–H groups in total. The number of carboxylic acid groups (broad SMARTS) is 1. The fourth-order valence-corrected chi connectivity index (χ4v) is 1.40. The molecule has 1 atom stereocenters. The molecule has 0 radical (unpaired) electrons. The number of hydrogen-bond acceptors (Lipinski definition) is 7. The number of rotatable bonds is 11. The van der Waals surface area contributed by atoms with Gasteiger partial charge in [0.15, 0.2) is 6.10 Å². The summed E-state index contributed by atoms with van der Waals surface area (Å²) in [5, 5.41) is 8.13. The van der Waals surface area contributed by atoms with Crippen molar-refractivity contribution in [3.05, 3.63) is 0 Å². The number of ether oxygens (including phenoxy) is 3. The van der Waals surface area contributed by atoms with Gasteiger partial charge in [0.2, 0.25) is 0 Å². The molecule has 0 aliphatic heterocycles. The van der Waals surface area contributed by atoms with E-state index in [4.69, 9.17) is 14.6 Å². The molecule has 0 saturated carbocycles. The minimum Gasteiger partial charge on any atom is -0.481 e. The lowest BCUT2D eigenvalue weighted by atomic mass is 10.2. The van der Waals surface area contributed by atoms with Crippen LogP contribution < -0.4 is 0 Å². The third kappa shape index (κ3) is 20.4. The average Bonchev–Trinajstić information content (AvgIpc) is 2.60. The molecule has 0 aliphatic carbocycles. The number of esters is 3. The summed E-state index contributed by atoms with van der Waals surface area (Å²) in [5.41, 5.74) is 0. The Balaban J connectivity index is 0. The van der Waals surface area contributed by atoms with E-state index in [2.05, 4.69) is 4.74 Å². The van der Waals surface area contributed by atoms with Crippen LogP contribution in [0.3, 0.4) is 0 Å². The summed E-state index contributed by atoms with van der Waals surface area (Å²) >= 11 is 0. The van der Waals surface area contributed by atoms with Gasteiger partial charge in [0.25, 0.3) is 0 Å². The number of carbonyl (C=O) groups is 4. The van der Waals surface area contributed by atoms with Gasteiger partial charge in [-0.1, -0.05) is 27.7 Å². The van der Waals surface area contributed by atoms with Crippen molar-refractivity contribution in [2.75, 3.05) is 13.2 Å². The van der Waals surface area contributed by atoms with Gasteiger partial charge in [-0.15, -0.1) is 0 Å². The van der Waals surface area contributed by atoms with E-state index in [1.165, 1.54) is 0 Å². The lowest BCUT2D eigenvalue weighted by molar-refractivity contribution is -0.216. The third-order valence-corrected chi connectivity index (χ3v) is 3.00. The van der Waals surface area contributed by atoms with Crippen LogP contribution in [-0.2, 0) is 33.4 Å². The van der Waals surface area contributed by atoms with E-state index >= 15 is 0 Å². The van der Waals surface area contributed by atoms with Crippen LogP contribution in [0.5, 0.6) is 0 Å². The molecule has 0 aliphatic rings. The Kier molecular flexibility index (Phi) is 15.4. The molecular formula is C19H31F3O8. The summed E-state index contributed by atoms with van der Waals surface area (Å²) < 4.78 is 49.2. The van der Waals surface area contributed by atoms with Crippen LogP contribution in [-0.4, -0.2) is 54.5 Å². The van der Waals surface area contributed by atoms with E-state index in [0.717, 1.165) is 0 Å². The van der Waals surface area contributed by atoms with Crippen LogP contribution in [0.25, 0.3) is 0 Å². The highest BCUT2D eigenvalue weighted by atomic mass is 19.4. The molecule has 11 heteroatoms. The van der Waals surface area contributed by atoms with Crippen LogP contribution in [0, 0.1) is 11.8 Å². The SMILES string of the molecule is CC(C)COC(=O)CCC(=O)OCC(C)C.CC(OC(=O)CCC(=O)O)C(F)(F)F. The smallest absolute Gasteiger partial charge is 0.425 e. The lowest BCUT2D eigenvalue weighted by Crippen LogP contribution is -2.30. The van der Waals surface area contributed by atoms with Gasteiger partial charge >= 0.3 is 30.1 Å². The van der Waals surface area contributed by atoms with Gasteiger partial charge in [0.05, 0.1) is 38.9 Å². The van der Waals surface area contributed by atoms with Crippen LogP contribution >= 0.6 is 0 Å². The monoisotopic (exact) mass is 444 g/mol. The molecule has 0 fully saturated rings. The fourth-order valence-electron chi connectivity index (χ4n) is 1.40. The molecule has 0 spiro atoms. The summed E-state index contributed by atoms with van der Waals surface area (Å²) in [5.74, 6) is -2.47. The van der Waals surface area contributed by atoms with Gasteiger partial charge in [-0.3, -0.25) is 19.2 Å². The molecule has 0 aromatic carbocycles. The molecule has 1 unspecified atom stereocenters. The van der Waals surface area contributed by atoms with Gasteiger partial charge in [-0.25, -0.2) is 0 Å². The first-order chi connectivity index (χ1) is 13.6. The number of carbonyl (C=O) groups excluding carboxylic acids is 3. The third-order valence-electron chi connectivity index (χ3n) is 3.00. The fraction of sp³-hybridized carbons (Fsp3) is 0.789. The number of halogens is 3. The summed E-state index contributed by atoms with van der Waals surface area (Å²) in [6, 6.07) is 0. The number of carboxylic acids is 1. The Bertz CT molecular complexity index is 520. The number of aliphatic carboxylic acids is 1. The van der Waals surface area contributed by atoms with Gasteiger partial charge in [0.1, 0.15) is 0 Å². The second kappa shape index (κ2) is 15.5. The first-order valence-electron chi connectivity index (χ1n) is 9.44. The van der Waals surface area contributed by atoms with E-state index in [-0.39, 0.29) is 24.8 Å². The first-order valence-corrected chi connectivity index (χ1v) is 9.44. The molecule has 176 valence electrons. The molecule has 0 saturated heterocycles. The standard InChI is InChI=1S/C12H22O4.C7H9F3O4/c1-9(2)7-15-11(13)5-6-12(14)16-8-10(3)4;1-4(7(8,9)10)14-6(13)3-2-5(11)12/h9-10H,5-8H2,1-4H3;4H,2-3H2,1H3,(H,11,12).